The van der Waals surface area contributed by atoms with Gasteiger partial charge in [-0.3, -0.25) is 9.88 Å². The van der Waals surface area contributed by atoms with Crippen molar-refractivity contribution in [3.63, 3.8) is 0 Å². The largest absolute Gasteiger partial charge is 0.378 e. The number of aromatic nitrogens is 3. The molecule has 166 valence electrons. The minimum Gasteiger partial charge on any atom is -0.378 e. The van der Waals surface area contributed by atoms with E-state index in [0.29, 0.717) is 37.9 Å². The van der Waals surface area contributed by atoms with Crippen LogP contribution < -0.4 is 10.6 Å². The molecule has 3 amide bonds. The van der Waals surface area contributed by atoms with Gasteiger partial charge in [-0.1, -0.05) is 0 Å². The first-order valence-electron chi connectivity index (χ1n) is 10.8. The summed E-state index contributed by atoms with van der Waals surface area (Å²) < 4.78 is 6.98. The fourth-order valence-corrected chi connectivity index (χ4v) is 4.04. The van der Waals surface area contributed by atoms with Gasteiger partial charge in [-0.15, -0.1) is 0 Å². The molecule has 3 aromatic rings. The number of hydrogen-bond acceptors (Lipinski definition) is 6. The number of urea groups is 1. The number of carbonyl (C=O) groups is 2. The van der Waals surface area contributed by atoms with Crippen molar-refractivity contribution in [2.75, 3.05) is 50.0 Å². The Balaban J connectivity index is 1.28. The van der Waals surface area contributed by atoms with Gasteiger partial charge in [0.25, 0.3) is 0 Å². The molecule has 5 rings (SSSR count). The van der Waals surface area contributed by atoms with Crippen molar-refractivity contribution in [2.24, 2.45) is 0 Å². The monoisotopic (exact) mass is 435 g/mol. The van der Waals surface area contributed by atoms with Crippen LogP contribution >= 0.6 is 0 Å². The van der Waals surface area contributed by atoms with E-state index in [0.717, 1.165) is 42.5 Å². The van der Waals surface area contributed by atoms with Gasteiger partial charge in [0, 0.05) is 49.5 Å². The zero-order chi connectivity index (χ0) is 21.9. The summed E-state index contributed by atoms with van der Waals surface area (Å²) in [6.45, 7) is 3.83. The average molecular weight is 435 g/mol. The first kappa shape index (κ1) is 20.3. The van der Waals surface area contributed by atoms with Gasteiger partial charge in [-0.05, 0) is 37.1 Å². The first-order chi connectivity index (χ1) is 15.7. The zero-order valence-electron chi connectivity index (χ0n) is 17.7. The van der Waals surface area contributed by atoms with Crippen LogP contribution in [0.4, 0.5) is 26.9 Å². The molecule has 0 atom stereocenters. The van der Waals surface area contributed by atoms with E-state index in [4.69, 9.17) is 4.74 Å². The zero-order valence-corrected chi connectivity index (χ0v) is 17.7. The molecule has 2 N–H and O–H groups in total. The molecule has 10 heteroatoms. The summed E-state index contributed by atoms with van der Waals surface area (Å²) >= 11 is 0. The lowest BCUT2D eigenvalue weighted by molar-refractivity contribution is 0.0564. The summed E-state index contributed by atoms with van der Waals surface area (Å²) in [4.78, 5) is 37.1. The molecule has 2 saturated heterocycles. The van der Waals surface area contributed by atoms with Crippen LogP contribution in [-0.2, 0) is 4.74 Å². The molecular formula is C22H25N7O3. The molecule has 2 aliphatic heterocycles. The number of morpholine rings is 1. The maximum atomic E-state index is 12.7. The second-order valence-electron chi connectivity index (χ2n) is 7.88. The minimum absolute atomic E-state index is 0.0228. The number of nitrogens with zero attached hydrogens (tertiary/aromatic N) is 5. The van der Waals surface area contributed by atoms with Crippen LogP contribution in [0.1, 0.15) is 12.8 Å². The second kappa shape index (κ2) is 8.83. The van der Waals surface area contributed by atoms with Gasteiger partial charge < -0.3 is 19.9 Å². The topological polar surface area (TPSA) is 105 Å². The van der Waals surface area contributed by atoms with Crippen LogP contribution in [-0.4, -0.2) is 75.8 Å². The van der Waals surface area contributed by atoms with Crippen molar-refractivity contribution in [1.29, 1.82) is 0 Å². The van der Waals surface area contributed by atoms with Crippen LogP contribution in [0.5, 0.6) is 0 Å². The molecule has 1 aromatic carbocycles. The van der Waals surface area contributed by atoms with E-state index in [1.54, 1.807) is 15.5 Å². The van der Waals surface area contributed by atoms with Crippen molar-refractivity contribution in [2.45, 2.75) is 12.8 Å². The number of carbonyl (C=O) groups excluding carboxylic acids is 2. The van der Waals surface area contributed by atoms with E-state index in [-0.39, 0.29) is 12.1 Å². The van der Waals surface area contributed by atoms with Gasteiger partial charge >= 0.3 is 12.1 Å². The van der Waals surface area contributed by atoms with Crippen molar-refractivity contribution in [3.8, 4) is 0 Å². The fraction of sp³-hybridized carbons (Fsp3) is 0.364. The lowest BCUT2D eigenvalue weighted by Crippen LogP contribution is -2.43. The first-order valence-corrected chi connectivity index (χ1v) is 10.8. The maximum absolute atomic E-state index is 12.7. The molecule has 4 heterocycles. The molecule has 2 aliphatic rings. The van der Waals surface area contributed by atoms with Gasteiger partial charge in [-0.25, -0.2) is 19.6 Å². The van der Waals surface area contributed by atoms with Gasteiger partial charge in [0.1, 0.15) is 18.0 Å². The van der Waals surface area contributed by atoms with Crippen LogP contribution in [0.2, 0.25) is 0 Å². The number of hydrogen-bond donors (Lipinski definition) is 2. The number of fused-ring (bicyclic) bond motifs is 1. The Hall–Kier alpha value is -3.66. The lowest BCUT2D eigenvalue weighted by atomic mass is 10.2. The number of anilines is 3. The molecule has 10 nitrogen and oxygen atoms in total. The van der Waals surface area contributed by atoms with Crippen molar-refractivity contribution >= 4 is 40.3 Å². The third-order valence-corrected chi connectivity index (χ3v) is 5.75. The Bertz CT molecular complexity index is 1130. The lowest BCUT2D eigenvalue weighted by Gasteiger charge is -2.26. The molecule has 0 bridgehead atoms. The third kappa shape index (κ3) is 4.22. The number of nitrogens with one attached hydrogen (secondary N) is 2. The number of benzene rings is 1. The highest BCUT2D eigenvalue weighted by Gasteiger charge is 2.21. The number of amides is 3. The Morgan fingerprint density at radius 1 is 0.906 bits per heavy atom. The SMILES string of the molecule is O=C(Nc1cc(Nc2ccc3c(ccn3C(=O)N3CCCC3)c2)ncn1)N1CCOCC1. The van der Waals surface area contributed by atoms with E-state index < -0.39 is 0 Å². The van der Waals surface area contributed by atoms with Crippen LogP contribution in [0.15, 0.2) is 42.9 Å². The molecule has 32 heavy (non-hydrogen) atoms. The van der Waals surface area contributed by atoms with E-state index in [1.165, 1.54) is 6.33 Å². The van der Waals surface area contributed by atoms with E-state index in [1.807, 2.05) is 35.4 Å². The minimum atomic E-state index is -0.205. The highest BCUT2D eigenvalue weighted by molar-refractivity contribution is 5.93. The van der Waals surface area contributed by atoms with Crippen molar-refractivity contribution in [1.82, 2.24) is 24.3 Å². The molecule has 2 aromatic heterocycles. The Morgan fingerprint density at radius 2 is 1.69 bits per heavy atom. The molecule has 0 aliphatic carbocycles. The van der Waals surface area contributed by atoms with Crippen LogP contribution in [0.3, 0.4) is 0 Å². The Morgan fingerprint density at radius 3 is 2.50 bits per heavy atom. The smallest absolute Gasteiger partial charge is 0.328 e. The molecule has 0 radical (unpaired) electrons. The van der Waals surface area contributed by atoms with Gasteiger partial charge in [0.15, 0.2) is 0 Å². The predicted octanol–water partition coefficient (Wildman–Crippen LogP) is 3.10. The molecule has 2 fully saturated rings. The van der Waals surface area contributed by atoms with Gasteiger partial charge in [-0.2, -0.15) is 0 Å². The number of ether oxygens (including phenoxy) is 1. The average Bonchev–Trinajstić information content (AvgIpc) is 3.50. The number of rotatable bonds is 3. The van der Waals surface area contributed by atoms with Crippen LogP contribution in [0.25, 0.3) is 10.9 Å². The van der Waals surface area contributed by atoms with Crippen molar-refractivity contribution in [3.05, 3.63) is 42.9 Å². The summed E-state index contributed by atoms with van der Waals surface area (Å²) in [6.07, 6.45) is 5.35. The number of likely N-dealkylation sites (tertiary alicyclic amines) is 1. The summed E-state index contributed by atoms with van der Waals surface area (Å²) in [6, 6.07) is 9.24. The highest BCUT2D eigenvalue weighted by Crippen LogP contribution is 2.24. The normalized spacial score (nSPS) is 16.4. The second-order valence-corrected chi connectivity index (χ2v) is 7.88. The van der Waals surface area contributed by atoms with E-state index in [2.05, 4.69) is 20.6 Å². The molecular weight excluding hydrogens is 410 g/mol. The third-order valence-electron chi connectivity index (χ3n) is 5.75. The molecule has 0 unspecified atom stereocenters. The summed E-state index contributed by atoms with van der Waals surface area (Å²) in [5, 5.41) is 7.00. The standard InChI is InChI=1S/C22H25N7O3/c30-21(27-9-11-32-12-10-27)26-20-14-19(23-15-24-20)25-17-3-4-18-16(13-17)5-8-29(18)22(31)28-6-1-2-7-28/h3-5,8,13-15H,1-2,6-7,9-12H2,(H2,23,24,25,26,30). The van der Waals surface area contributed by atoms with E-state index >= 15 is 0 Å². The Labute approximate surface area is 185 Å². The van der Waals surface area contributed by atoms with Gasteiger partial charge in [0.2, 0.25) is 0 Å². The Kier molecular flexibility index (Phi) is 5.59. The molecule has 0 spiro atoms. The summed E-state index contributed by atoms with van der Waals surface area (Å²) in [5.41, 5.74) is 1.70. The predicted molar refractivity (Wildman–Crippen MR) is 120 cm³/mol. The van der Waals surface area contributed by atoms with E-state index in [9.17, 15) is 9.59 Å². The van der Waals surface area contributed by atoms with Crippen molar-refractivity contribution < 1.29 is 14.3 Å². The summed E-state index contributed by atoms with van der Waals surface area (Å²) in [7, 11) is 0. The highest BCUT2D eigenvalue weighted by atomic mass is 16.5. The van der Waals surface area contributed by atoms with Gasteiger partial charge in [0.05, 0.1) is 18.7 Å². The maximum Gasteiger partial charge on any atom is 0.328 e. The molecule has 0 saturated carbocycles. The summed E-state index contributed by atoms with van der Waals surface area (Å²) in [5.74, 6) is 0.978. The van der Waals surface area contributed by atoms with Crippen LogP contribution in [0, 0.1) is 0 Å². The fourth-order valence-electron chi connectivity index (χ4n) is 4.04. The quantitative estimate of drug-likeness (QED) is 0.655.